The van der Waals surface area contributed by atoms with Gasteiger partial charge in [-0.15, -0.1) is 0 Å². The molecule has 0 unspecified atom stereocenters. The smallest absolute Gasteiger partial charge is 0.337 e. The Morgan fingerprint density at radius 2 is 1.80 bits per heavy atom. The van der Waals surface area contributed by atoms with E-state index in [9.17, 15) is 9.59 Å². The molecule has 0 heterocycles. The summed E-state index contributed by atoms with van der Waals surface area (Å²) in [5.41, 5.74) is 0.0331. The van der Waals surface area contributed by atoms with Crippen LogP contribution in [0.1, 0.15) is 42.5 Å². The monoisotopic (exact) mass is 315 g/mol. The van der Waals surface area contributed by atoms with Crippen molar-refractivity contribution in [2.45, 2.75) is 32.1 Å². The van der Waals surface area contributed by atoms with Crippen molar-refractivity contribution < 1.29 is 14.7 Å². The lowest BCUT2D eigenvalue weighted by molar-refractivity contribution is -0.120. The molecule has 108 valence electrons. The normalized spacial score (nSPS) is 15.9. The summed E-state index contributed by atoms with van der Waals surface area (Å²) in [4.78, 5) is 23.4. The molecule has 1 aliphatic rings. The number of carboxylic acid groups (broad SMARTS) is 1. The van der Waals surface area contributed by atoms with Crippen LogP contribution < -0.4 is 5.32 Å². The van der Waals surface area contributed by atoms with Crippen LogP contribution in [0.3, 0.4) is 0 Å². The molecule has 1 amide bonds. The standard InChI is InChI=1S/C14H15Cl2NO3/c15-9-6-10(14(19)20)12(11(16)7-9)17-13(18)8-4-2-1-3-5-8/h6-8H,1-5H2,(H,17,18)(H,19,20). The van der Waals surface area contributed by atoms with Gasteiger partial charge in [0.2, 0.25) is 5.91 Å². The van der Waals surface area contributed by atoms with E-state index >= 15 is 0 Å². The molecule has 1 aromatic carbocycles. The van der Waals surface area contributed by atoms with E-state index in [-0.39, 0.29) is 33.1 Å². The maximum absolute atomic E-state index is 12.2. The highest BCUT2D eigenvalue weighted by molar-refractivity contribution is 6.37. The Morgan fingerprint density at radius 3 is 2.40 bits per heavy atom. The number of carboxylic acids is 1. The first kappa shape index (κ1) is 15.1. The molecule has 0 radical (unpaired) electrons. The summed E-state index contributed by atoms with van der Waals surface area (Å²) in [6.07, 6.45) is 4.86. The molecule has 0 bridgehead atoms. The van der Waals surface area contributed by atoms with Crippen LogP contribution in [0.5, 0.6) is 0 Å². The maximum atomic E-state index is 12.2. The van der Waals surface area contributed by atoms with Gasteiger partial charge in [-0.05, 0) is 25.0 Å². The molecule has 1 fully saturated rings. The zero-order valence-corrected chi connectivity index (χ0v) is 12.3. The van der Waals surface area contributed by atoms with E-state index in [1.807, 2.05) is 0 Å². The molecule has 1 aromatic rings. The van der Waals surface area contributed by atoms with Crippen molar-refractivity contribution in [2.75, 3.05) is 5.32 Å². The van der Waals surface area contributed by atoms with Gasteiger partial charge in [0, 0.05) is 10.9 Å². The predicted octanol–water partition coefficient (Wildman–Crippen LogP) is 4.21. The lowest BCUT2D eigenvalue weighted by Crippen LogP contribution is -2.25. The first-order valence-electron chi connectivity index (χ1n) is 6.52. The zero-order valence-electron chi connectivity index (χ0n) is 10.8. The summed E-state index contributed by atoms with van der Waals surface area (Å²) in [6.45, 7) is 0. The number of carbonyl (C=O) groups is 2. The van der Waals surface area contributed by atoms with Gasteiger partial charge >= 0.3 is 5.97 Å². The Kier molecular flexibility index (Phi) is 4.89. The van der Waals surface area contributed by atoms with Crippen molar-refractivity contribution >= 4 is 40.8 Å². The highest BCUT2D eigenvalue weighted by Gasteiger charge is 2.24. The number of anilines is 1. The predicted molar refractivity (Wildman–Crippen MR) is 78.6 cm³/mol. The van der Waals surface area contributed by atoms with Gasteiger partial charge in [0.05, 0.1) is 16.3 Å². The van der Waals surface area contributed by atoms with Crippen LogP contribution in [0.15, 0.2) is 12.1 Å². The summed E-state index contributed by atoms with van der Waals surface area (Å²) in [5.74, 6) is -1.41. The lowest BCUT2D eigenvalue weighted by atomic mass is 9.88. The number of aromatic carboxylic acids is 1. The minimum Gasteiger partial charge on any atom is -0.478 e. The molecule has 2 rings (SSSR count). The van der Waals surface area contributed by atoms with Gasteiger partial charge in [0.25, 0.3) is 0 Å². The fraction of sp³-hybridized carbons (Fsp3) is 0.429. The Hall–Kier alpha value is -1.26. The lowest BCUT2D eigenvalue weighted by Gasteiger charge is -2.21. The average molecular weight is 316 g/mol. The van der Waals surface area contributed by atoms with E-state index in [1.165, 1.54) is 12.1 Å². The van der Waals surface area contributed by atoms with Crippen molar-refractivity contribution in [2.24, 2.45) is 5.92 Å². The fourth-order valence-electron chi connectivity index (χ4n) is 2.46. The van der Waals surface area contributed by atoms with E-state index < -0.39 is 5.97 Å². The summed E-state index contributed by atoms with van der Waals surface area (Å²) >= 11 is 11.8. The van der Waals surface area contributed by atoms with Crippen LogP contribution in [0.2, 0.25) is 10.0 Å². The molecule has 0 aliphatic heterocycles. The molecule has 0 saturated heterocycles. The minimum absolute atomic E-state index is 0.0721. The third-order valence-corrected chi connectivity index (χ3v) is 4.03. The second-order valence-electron chi connectivity index (χ2n) is 4.94. The number of halogens is 2. The number of amides is 1. The molecule has 20 heavy (non-hydrogen) atoms. The maximum Gasteiger partial charge on any atom is 0.337 e. The summed E-state index contributed by atoms with van der Waals surface area (Å²) in [6, 6.07) is 2.71. The van der Waals surface area contributed by atoms with Crippen LogP contribution >= 0.6 is 23.2 Å². The summed E-state index contributed by atoms with van der Waals surface area (Å²) in [5, 5.41) is 12.2. The topological polar surface area (TPSA) is 66.4 Å². The van der Waals surface area contributed by atoms with Crippen molar-refractivity contribution in [3.8, 4) is 0 Å². The Bertz CT molecular complexity index is 539. The molecule has 1 saturated carbocycles. The molecule has 0 aromatic heterocycles. The van der Waals surface area contributed by atoms with Crippen LogP contribution in [0, 0.1) is 5.92 Å². The van der Waals surface area contributed by atoms with Crippen LogP contribution in [-0.4, -0.2) is 17.0 Å². The van der Waals surface area contributed by atoms with Gasteiger partial charge in [-0.3, -0.25) is 4.79 Å². The quantitative estimate of drug-likeness (QED) is 0.878. The number of benzene rings is 1. The highest BCUT2D eigenvalue weighted by Crippen LogP contribution is 2.32. The second kappa shape index (κ2) is 6.46. The number of carbonyl (C=O) groups excluding carboxylic acids is 1. The third kappa shape index (κ3) is 3.44. The van der Waals surface area contributed by atoms with Gasteiger partial charge < -0.3 is 10.4 Å². The van der Waals surface area contributed by atoms with Crippen LogP contribution in [0.4, 0.5) is 5.69 Å². The number of nitrogens with one attached hydrogen (secondary N) is 1. The number of hydrogen-bond donors (Lipinski definition) is 2. The Labute approximate surface area is 127 Å². The van der Waals surface area contributed by atoms with Crippen molar-refractivity contribution in [1.29, 1.82) is 0 Å². The molecule has 0 atom stereocenters. The van der Waals surface area contributed by atoms with E-state index in [4.69, 9.17) is 28.3 Å². The number of rotatable bonds is 3. The summed E-state index contributed by atoms with van der Waals surface area (Å²) in [7, 11) is 0. The first-order chi connectivity index (χ1) is 9.49. The average Bonchev–Trinajstić information content (AvgIpc) is 2.42. The van der Waals surface area contributed by atoms with Gasteiger partial charge in [-0.25, -0.2) is 4.79 Å². The molecule has 4 nitrogen and oxygen atoms in total. The van der Waals surface area contributed by atoms with E-state index in [2.05, 4.69) is 5.32 Å². The molecule has 1 aliphatic carbocycles. The molecule has 6 heteroatoms. The van der Waals surface area contributed by atoms with Crippen LogP contribution in [-0.2, 0) is 4.79 Å². The van der Waals surface area contributed by atoms with Crippen LogP contribution in [0.25, 0.3) is 0 Å². The Morgan fingerprint density at radius 1 is 1.15 bits per heavy atom. The molecular formula is C14H15Cl2NO3. The van der Waals surface area contributed by atoms with Gasteiger partial charge in [-0.2, -0.15) is 0 Å². The van der Waals surface area contributed by atoms with Crippen molar-refractivity contribution in [3.63, 3.8) is 0 Å². The van der Waals surface area contributed by atoms with E-state index in [1.54, 1.807) is 0 Å². The number of hydrogen-bond acceptors (Lipinski definition) is 2. The summed E-state index contributed by atoms with van der Waals surface area (Å²) < 4.78 is 0. The van der Waals surface area contributed by atoms with Gasteiger partial charge in [-0.1, -0.05) is 42.5 Å². The SMILES string of the molecule is O=C(O)c1cc(Cl)cc(Cl)c1NC(=O)C1CCCCC1. The third-order valence-electron chi connectivity index (χ3n) is 3.51. The van der Waals surface area contributed by atoms with Crippen molar-refractivity contribution in [1.82, 2.24) is 0 Å². The molecular weight excluding hydrogens is 301 g/mol. The highest BCUT2D eigenvalue weighted by atomic mass is 35.5. The molecule has 2 N–H and O–H groups in total. The van der Waals surface area contributed by atoms with Gasteiger partial charge in [0.15, 0.2) is 0 Å². The Balaban J connectivity index is 2.23. The van der Waals surface area contributed by atoms with Crippen molar-refractivity contribution in [3.05, 3.63) is 27.7 Å². The minimum atomic E-state index is -1.17. The van der Waals surface area contributed by atoms with Gasteiger partial charge in [0.1, 0.15) is 0 Å². The van der Waals surface area contributed by atoms with E-state index in [0.717, 1.165) is 32.1 Å². The molecule has 0 spiro atoms. The van der Waals surface area contributed by atoms with E-state index in [0.29, 0.717) is 0 Å². The second-order valence-corrected chi connectivity index (χ2v) is 5.78. The first-order valence-corrected chi connectivity index (χ1v) is 7.28. The largest absolute Gasteiger partial charge is 0.478 e. The fourth-order valence-corrected chi connectivity index (χ4v) is 3.00. The zero-order chi connectivity index (χ0) is 14.7.